The summed E-state index contributed by atoms with van der Waals surface area (Å²) in [5.41, 5.74) is 2.49. The van der Waals surface area contributed by atoms with Gasteiger partial charge in [-0.15, -0.1) is 0 Å². The zero-order valence-electron chi connectivity index (χ0n) is 16.7. The van der Waals surface area contributed by atoms with Gasteiger partial charge in [0.1, 0.15) is 23.2 Å². The second-order valence-electron chi connectivity index (χ2n) is 6.79. The smallest absolute Gasteiger partial charge is 0.270 e. The molecule has 1 aromatic heterocycles. The topological polar surface area (TPSA) is 58.1 Å². The van der Waals surface area contributed by atoms with Crippen LogP contribution in [0.25, 0.3) is 0 Å². The van der Waals surface area contributed by atoms with Crippen molar-refractivity contribution in [3.63, 3.8) is 0 Å². The number of halogens is 1. The van der Waals surface area contributed by atoms with Gasteiger partial charge in [0.25, 0.3) is 5.91 Å². The Balaban J connectivity index is 1.66. The molecule has 3 aromatic rings. The minimum atomic E-state index is -0.266. The van der Waals surface area contributed by atoms with Gasteiger partial charge in [-0.1, -0.05) is 42.5 Å². The maximum absolute atomic E-state index is 13.0. The normalized spacial score (nSPS) is 10.6. The van der Waals surface area contributed by atoms with E-state index in [1.807, 2.05) is 18.2 Å². The molecule has 0 aliphatic carbocycles. The zero-order valence-corrected chi connectivity index (χ0v) is 16.7. The van der Waals surface area contributed by atoms with Gasteiger partial charge in [0.15, 0.2) is 0 Å². The molecule has 0 aliphatic rings. The summed E-state index contributed by atoms with van der Waals surface area (Å²) in [6.45, 7) is 5.76. The van der Waals surface area contributed by atoms with Gasteiger partial charge in [-0.05, 0) is 43.5 Å². The van der Waals surface area contributed by atoms with Crippen molar-refractivity contribution in [3.05, 3.63) is 89.1 Å². The minimum absolute atomic E-state index is 0.241. The van der Waals surface area contributed by atoms with E-state index >= 15 is 0 Å². The van der Waals surface area contributed by atoms with Crippen molar-refractivity contribution in [2.45, 2.75) is 26.8 Å². The lowest BCUT2D eigenvalue weighted by Gasteiger charge is -2.22. The summed E-state index contributed by atoms with van der Waals surface area (Å²) >= 11 is 0. The SMILES string of the molecule is CCN(Cc1ccccc1)c1cc(C(=O)NCCc2ccc(F)cc2)nc(C)n1. The molecule has 1 N–H and O–H groups in total. The first-order valence-electron chi connectivity index (χ1n) is 9.72. The lowest BCUT2D eigenvalue weighted by molar-refractivity contribution is 0.0948. The molecule has 2 aromatic carbocycles. The first kappa shape index (κ1) is 20.5. The molecule has 0 bridgehead atoms. The quantitative estimate of drug-likeness (QED) is 0.631. The van der Waals surface area contributed by atoms with Gasteiger partial charge in [-0.3, -0.25) is 4.79 Å². The zero-order chi connectivity index (χ0) is 20.6. The van der Waals surface area contributed by atoms with E-state index in [4.69, 9.17) is 0 Å². The highest BCUT2D eigenvalue weighted by atomic mass is 19.1. The number of aryl methyl sites for hydroxylation is 1. The van der Waals surface area contributed by atoms with E-state index in [0.717, 1.165) is 17.9 Å². The van der Waals surface area contributed by atoms with Crippen LogP contribution in [-0.4, -0.2) is 29.0 Å². The molecule has 0 saturated carbocycles. The Morgan fingerprint density at radius 1 is 1.03 bits per heavy atom. The van der Waals surface area contributed by atoms with E-state index in [2.05, 4.69) is 39.2 Å². The fourth-order valence-corrected chi connectivity index (χ4v) is 3.05. The highest BCUT2D eigenvalue weighted by Crippen LogP contribution is 2.16. The number of nitrogens with one attached hydrogen (secondary N) is 1. The molecule has 5 nitrogen and oxygen atoms in total. The van der Waals surface area contributed by atoms with Crippen LogP contribution in [-0.2, 0) is 13.0 Å². The van der Waals surface area contributed by atoms with Gasteiger partial charge in [-0.2, -0.15) is 0 Å². The first-order valence-corrected chi connectivity index (χ1v) is 9.72. The molecule has 0 spiro atoms. The Bertz CT molecular complexity index is 945. The monoisotopic (exact) mass is 392 g/mol. The van der Waals surface area contributed by atoms with Crippen molar-refractivity contribution in [1.29, 1.82) is 0 Å². The fourth-order valence-electron chi connectivity index (χ4n) is 3.05. The average Bonchev–Trinajstić information content (AvgIpc) is 2.73. The molecule has 1 amide bonds. The van der Waals surface area contributed by atoms with Crippen molar-refractivity contribution < 1.29 is 9.18 Å². The number of nitrogens with zero attached hydrogens (tertiary/aromatic N) is 3. The van der Waals surface area contributed by atoms with Crippen LogP contribution in [0.1, 0.15) is 34.4 Å². The minimum Gasteiger partial charge on any atom is -0.352 e. The predicted molar refractivity (Wildman–Crippen MR) is 112 cm³/mol. The first-order chi connectivity index (χ1) is 14.0. The summed E-state index contributed by atoms with van der Waals surface area (Å²) in [5, 5.41) is 2.88. The molecular weight excluding hydrogens is 367 g/mol. The molecule has 1 heterocycles. The van der Waals surface area contributed by atoms with Crippen LogP contribution in [0.4, 0.5) is 10.2 Å². The van der Waals surface area contributed by atoms with Crippen LogP contribution >= 0.6 is 0 Å². The summed E-state index contributed by atoms with van der Waals surface area (Å²) < 4.78 is 13.0. The summed E-state index contributed by atoms with van der Waals surface area (Å²) in [6.07, 6.45) is 0.623. The molecule has 29 heavy (non-hydrogen) atoms. The molecule has 0 unspecified atom stereocenters. The van der Waals surface area contributed by atoms with E-state index in [1.165, 1.54) is 17.7 Å². The number of hydrogen-bond donors (Lipinski definition) is 1. The highest BCUT2D eigenvalue weighted by molar-refractivity contribution is 5.92. The van der Waals surface area contributed by atoms with Crippen LogP contribution in [0.3, 0.4) is 0 Å². The second-order valence-corrected chi connectivity index (χ2v) is 6.79. The Hall–Kier alpha value is -3.28. The van der Waals surface area contributed by atoms with Crippen molar-refractivity contribution in [3.8, 4) is 0 Å². The maximum Gasteiger partial charge on any atom is 0.270 e. The largest absolute Gasteiger partial charge is 0.352 e. The number of aromatic nitrogens is 2. The number of carbonyl (C=O) groups excluding carboxylic acids is 1. The summed E-state index contributed by atoms with van der Waals surface area (Å²) in [6, 6.07) is 18.2. The Morgan fingerprint density at radius 3 is 2.45 bits per heavy atom. The van der Waals surface area contributed by atoms with E-state index in [-0.39, 0.29) is 11.7 Å². The van der Waals surface area contributed by atoms with Gasteiger partial charge >= 0.3 is 0 Å². The van der Waals surface area contributed by atoms with Crippen LogP contribution in [0.2, 0.25) is 0 Å². The Morgan fingerprint density at radius 2 is 1.76 bits per heavy atom. The van der Waals surface area contributed by atoms with Gasteiger partial charge in [0, 0.05) is 25.7 Å². The van der Waals surface area contributed by atoms with Crippen LogP contribution in [0.5, 0.6) is 0 Å². The van der Waals surface area contributed by atoms with Crippen molar-refractivity contribution in [1.82, 2.24) is 15.3 Å². The third-order valence-corrected chi connectivity index (χ3v) is 4.59. The number of rotatable bonds is 8. The summed E-state index contributed by atoms with van der Waals surface area (Å²) in [7, 11) is 0. The fraction of sp³-hybridized carbons (Fsp3) is 0.261. The van der Waals surface area contributed by atoms with E-state index in [0.29, 0.717) is 31.0 Å². The van der Waals surface area contributed by atoms with E-state index in [1.54, 1.807) is 25.1 Å². The highest BCUT2D eigenvalue weighted by Gasteiger charge is 2.14. The van der Waals surface area contributed by atoms with Crippen LogP contribution in [0.15, 0.2) is 60.7 Å². The molecule has 0 fully saturated rings. The van der Waals surface area contributed by atoms with Crippen LogP contribution in [0, 0.1) is 12.7 Å². The van der Waals surface area contributed by atoms with E-state index in [9.17, 15) is 9.18 Å². The number of benzene rings is 2. The third kappa shape index (κ3) is 5.85. The summed E-state index contributed by atoms with van der Waals surface area (Å²) in [5.74, 6) is 0.776. The number of anilines is 1. The van der Waals surface area contributed by atoms with Gasteiger partial charge in [-0.25, -0.2) is 14.4 Å². The van der Waals surface area contributed by atoms with E-state index < -0.39 is 0 Å². The summed E-state index contributed by atoms with van der Waals surface area (Å²) in [4.78, 5) is 23.5. The van der Waals surface area contributed by atoms with Gasteiger partial charge < -0.3 is 10.2 Å². The van der Waals surface area contributed by atoms with Gasteiger partial charge in [0.05, 0.1) is 0 Å². The molecule has 0 radical (unpaired) electrons. The average molecular weight is 392 g/mol. The maximum atomic E-state index is 13.0. The molecule has 0 saturated heterocycles. The van der Waals surface area contributed by atoms with Crippen molar-refractivity contribution >= 4 is 11.7 Å². The van der Waals surface area contributed by atoms with Crippen molar-refractivity contribution in [2.75, 3.05) is 18.0 Å². The molecule has 3 rings (SSSR count). The Kier molecular flexibility index (Phi) is 6.89. The third-order valence-electron chi connectivity index (χ3n) is 4.59. The van der Waals surface area contributed by atoms with Crippen LogP contribution < -0.4 is 10.2 Å². The Labute approximate surface area is 170 Å². The lowest BCUT2D eigenvalue weighted by Crippen LogP contribution is -2.28. The molecular formula is C23H25FN4O. The number of hydrogen-bond acceptors (Lipinski definition) is 4. The molecule has 0 aliphatic heterocycles. The molecule has 150 valence electrons. The number of carbonyl (C=O) groups is 1. The predicted octanol–water partition coefficient (Wildman–Crippen LogP) is 3.92. The molecule has 0 atom stereocenters. The standard InChI is InChI=1S/C23H25FN4O/c1-3-28(16-19-7-5-4-6-8-19)22-15-21(26-17(2)27-22)23(29)25-14-13-18-9-11-20(24)12-10-18/h4-12,15H,3,13-14,16H2,1-2H3,(H,25,29). The van der Waals surface area contributed by atoms with Gasteiger partial charge in [0.2, 0.25) is 0 Å². The number of amides is 1. The second kappa shape index (κ2) is 9.78. The lowest BCUT2D eigenvalue weighted by atomic mass is 10.1. The van der Waals surface area contributed by atoms with Crippen molar-refractivity contribution in [2.24, 2.45) is 0 Å². The molecule has 6 heteroatoms.